The molecule has 0 spiro atoms. The average Bonchev–Trinajstić information content (AvgIpc) is 2.83. The molecule has 1 amide bonds. The number of aromatic amines is 1. The van der Waals surface area contributed by atoms with Crippen LogP contribution in [-0.4, -0.2) is 15.9 Å². The van der Waals surface area contributed by atoms with Gasteiger partial charge in [0.15, 0.2) is 0 Å². The van der Waals surface area contributed by atoms with Crippen LogP contribution < -0.4 is 15.6 Å². The fraction of sp³-hybridized carbons (Fsp3) is 0.0385. The van der Waals surface area contributed by atoms with Crippen LogP contribution in [-0.2, 0) is 6.61 Å². The highest BCUT2D eigenvalue weighted by Crippen LogP contribution is 2.32. The van der Waals surface area contributed by atoms with Gasteiger partial charge in [0.1, 0.15) is 12.4 Å². The molecule has 1 heterocycles. The van der Waals surface area contributed by atoms with E-state index in [1.54, 1.807) is 18.2 Å². The van der Waals surface area contributed by atoms with Crippen LogP contribution in [0, 0.1) is 0 Å². The highest BCUT2D eigenvalue weighted by atomic mass is 16.5. The lowest BCUT2D eigenvalue weighted by molar-refractivity contribution is 0.102. The Balaban J connectivity index is 1.43. The van der Waals surface area contributed by atoms with Crippen molar-refractivity contribution in [2.45, 2.75) is 6.61 Å². The molecule has 5 rings (SSSR count). The first-order chi connectivity index (χ1) is 15.7. The van der Waals surface area contributed by atoms with Gasteiger partial charge in [-0.05, 0) is 35.9 Å². The van der Waals surface area contributed by atoms with E-state index in [9.17, 15) is 9.59 Å². The largest absolute Gasteiger partial charge is 0.488 e. The summed E-state index contributed by atoms with van der Waals surface area (Å²) >= 11 is 0. The number of hydrogen-bond donors (Lipinski definition) is 2. The molecular formula is C26H19N3O3. The molecule has 0 radical (unpaired) electrons. The van der Waals surface area contributed by atoms with Gasteiger partial charge in [-0.3, -0.25) is 9.59 Å². The van der Waals surface area contributed by atoms with Crippen LogP contribution in [0.25, 0.3) is 21.8 Å². The van der Waals surface area contributed by atoms with Gasteiger partial charge in [0.05, 0.1) is 17.2 Å². The van der Waals surface area contributed by atoms with Gasteiger partial charge in [0, 0.05) is 22.0 Å². The van der Waals surface area contributed by atoms with Crippen molar-refractivity contribution in [2.24, 2.45) is 0 Å². The minimum Gasteiger partial charge on any atom is -0.488 e. The summed E-state index contributed by atoms with van der Waals surface area (Å²) in [5, 5.41) is 4.76. The first kappa shape index (κ1) is 19.5. The summed E-state index contributed by atoms with van der Waals surface area (Å²) in [6.07, 6.45) is 1.22. The lowest BCUT2D eigenvalue weighted by Crippen LogP contribution is -2.13. The summed E-state index contributed by atoms with van der Waals surface area (Å²) in [5.41, 5.74) is 3.00. The lowest BCUT2D eigenvalue weighted by Gasteiger charge is -2.14. The van der Waals surface area contributed by atoms with E-state index >= 15 is 0 Å². The molecule has 5 aromatic rings. The number of carbonyl (C=O) groups excluding carboxylic acids is 1. The second-order valence-corrected chi connectivity index (χ2v) is 7.36. The maximum atomic E-state index is 12.9. The summed E-state index contributed by atoms with van der Waals surface area (Å²) in [6.45, 7) is 0.458. The molecule has 0 aliphatic carbocycles. The van der Waals surface area contributed by atoms with E-state index in [2.05, 4.69) is 15.3 Å². The van der Waals surface area contributed by atoms with Gasteiger partial charge in [-0.2, -0.15) is 0 Å². The van der Waals surface area contributed by atoms with Gasteiger partial charge in [-0.25, -0.2) is 4.98 Å². The van der Waals surface area contributed by atoms with Crippen LogP contribution in [0.15, 0.2) is 95.9 Å². The molecule has 0 atom stereocenters. The Morgan fingerprint density at radius 1 is 0.906 bits per heavy atom. The predicted octanol–water partition coefficient (Wildman–Crippen LogP) is 4.91. The van der Waals surface area contributed by atoms with Crippen molar-refractivity contribution >= 4 is 33.4 Å². The molecular weight excluding hydrogens is 402 g/mol. The van der Waals surface area contributed by atoms with E-state index < -0.39 is 0 Å². The number of nitrogens with one attached hydrogen (secondary N) is 2. The summed E-state index contributed by atoms with van der Waals surface area (Å²) in [6, 6.07) is 26.5. The average molecular weight is 421 g/mol. The Kier molecular flexibility index (Phi) is 5.09. The molecule has 6 nitrogen and oxygen atoms in total. The minimum atomic E-state index is -0.313. The number of carbonyl (C=O) groups is 1. The molecule has 0 aliphatic heterocycles. The Bertz CT molecular complexity index is 1490. The summed E-state index contributed by atoms with van der Waals surface area (Å²) in [4.78, 5) is 31.2. The number of anilines is 1. The fourth-order valence-corrected chi connectivity index (χ4v) is 3.62. The van der Waals surface area contributed by atoms with Crippen molar-refractivity contribution < 1.29 is 9.53 Å². The lowest BCUT2D eigenvalue weighted by atomic mass is 10.1. The number of aromatic nitrogens is 2. The van der Waals surface area contributed by atoms with Crippen LogP contribution in [0.5, 0.6) is 5.75 Å². The molecule has 0 bridgehead atoms. The Hall–Kier alpha value is -4.45. The highest BCUT2D eigenvalue weighted by Gasteiger charge is 2.12. The summed E-state index contributed by atoms with van der Waals surface area (Å²) < 4.78 is 6.06. The second kappa shape index (κ2) is 8.35. The number of fused-ring (bicyclic) bond motifs is 2. The van der Waals surface area contributed by atoms with E-state index in [1.165, 1.54) is 6.20 Å². The molecule has 156 valence electrons. The quantitative estimate of drug-likeness (QED) is 0.422. The first-order valence-electron chi connectivity index (χ1n) is 10.2. The molecule has 0 aliphatic rings. The number of amides is 1. The van der Waals surface area contributed by atoms with E-state index in [0.29, 0.717) is 28.9 Å². The van der Waals surface area contributed by atoms with Crippen molar-refractivity contribution in [1.29, 1.82) is 0 Å². The maximum Gasteiger partial charge on any atom is 0.266 e. The van der Waals surface area contributed by atoms with Crippen molar-refractivity contribution in [3.63, 3.8) is 0 Å². The normalized spacial score (nSPS) is 10.9. The zero-order chi connectivity index (χ0) is 21.9. The number of H-pyrrole nitrogens is 1. The third-order valence-corrected chi connectivity index (χ3v) is 5.21. The number of ether oxygens (including phenoxy) is 1. The molecule has 4 aromatic carbocycles. The SMILES string of the molecule is O=C(Nc1ccc(OCc2ccccc2)c2ccccc12)c1ccc2ncc(=O)[nH]c2c1. The molecule has 6 heteroatoms. The smallest absolute Gasteiger partial charge is 0.266 e. The fourth-order valence-electron chi connectivity index (χ4n) is 3.62. The van der Waals surface area contributed by atoms with Gasteiger partial charge < -0.3 is 15.0 Å². The Morgan fingerprint density at radius 3 is 2.53 bits per heavy atom. The van der Waals surface area contributed by atoms with E-state index in [4.69, 9.17) is 4.74 Å². The molecule has 0 saturated heterocycles. The highest BCUT2D eigenvalue weighted by molar-refractivity contribution is 6.10. The number of benzene rings is 4. The monoisotopic (exact) mass is 421 g/mol. The number of nitrogens with zero attached hydrogens (tertiary/aromatic N) is 1. The minimum absolute atomic E-state index is 0.278. The van der Waals surface area contributed by atoms with Crippen molar-refractivity contribution in [3.8, 4) is 5.75 Å². The van der Waals surface area contributed by atoms with Gasteiger partial charge >= 0.3 is 0 Å². The number of rotatable bonds is 5. The van der Waals surface area contributed by atoms with Crippen LogP contribution in [0.3, 0.4) is 0 Å². The molecule has 0 fully saturated rings. The molecule has 1 aromatic heterocycles. The van der Waals surface area contributed by atoms with E-state index in [0.717, 1.165) is 22.1 Å². The second-order valence-electron chi connectivity index (χ2n) is 7.36. The zero-order valence-electron chi connectivity index (χ0n) is 17.0. The first-order valence-corrected chi connectivity index (χ1v) is 10.2. The van der Waals surface area contributed by atoms with Crippen molar-refractivity contribution in [2.75, 3.05) is 5.32 Å². The molecule has 0 saturated carbocycles. The zero-order valence-corrected chi connectivity index (χ0v) is 17.0. The van der Waals surface area contributed by atoms with E-state index in [-0.39, 0.29) is 11.5 Å². The Morgan fingerprint density at radius 2 is 1.69 bits per heavy atom. The van der Waals surface area contributed by atoms with Crippen molar-refractivity contribution in [3.05, 3.63) is 113 Å². The molecule has 32 heavy (non-hydrogen) atoms. The van der Waals surface area contributed by atoms with Crippen LogP contribution in [0.2, 0.25) is 0 Å². The van der Waals surface area contributed by atoms with Gasteiger partial charge in [0.2, 0.25) is 0 Å². The third kappa shape index (κ3) is 3.94. The van der Waals surface area contributed by atoms with Gasteiger partial charge in [-0.15, -0.1) is 0 Å². The maximum absolute atomic E-state index is 12.9. The Labute approximate surface area is 183 Å². The summed E-state index contributed by atoms with van der Waals surface area (Å²) in [5.74, 6) is 0.469. The summed E-state index contributed by atoms with van der Waals surface area (Å²) in [7, 11) is 0. The third-order valence-electron chi connectivity index (χ3n) is 5.21. The standard InChI is InChI=1S/C26H19N3O3/c30-25-15-27-22-11-10-18(14-23(22)28-25)26(31)29-21-12-13-24(20-9-5-4-8-19(20)21)32-16-17-6-2-1-3-7-17/h1-15H,16H2,(H,28,30)(H,29,31). The predicted molar refractivity (Wildman–Crippen MR) is 125 cm³/mol. The van der Waals surface area contributed by atoms with Crippen LogP contribution in [0.4, 0.5) is 5.69 Å². The van der Waals surface area contributed by atoms with Crippen molar-refractivity contribution in [1.82, 2.24) is 9.97 Å². The molecule has 0 unspecified atom stereocenters. The van der Waals surface area contributed by atoms with Crippen LogP contribution in [0.1, 0.15) is 15.9 Å². The van der Waals surface area contributed by atoms with Crippen LogP contribution >= 0.6 is 0 Å². The van der Waals surface area contributed by atoms with E-state index in [1.807, 2.05) is 66.7 Å². The topological polar surface area (TPSA) is 84.1 Å². The number of hydrogen-bond acceptors (Lipinski definition) is 4. The molecule has 2 N–H and O–H groups in total. The van der Waals surface area contributed by atoms with Gasteiger partial charge in [0.25, 0.3) is 11.5 Å². The van der Waals surface area contributed by atoms with Gasteiger partial charge in [-0.1, -0.05) is 54.6 Å².